The standard InChI is InChI=1S/C19H34N2O6/c1-5-6-7-14(12-21(25)13-22)17(23)20-16(19(2,3)4)18(24)27-15-8-10-26-11-9-15/h13-16,25H,5-12H2,1-4H3,(H,20,23)/t14?,16-/m1/s1. The first-order chi connectivity index (χ1) is 12.7. The molecule has 1 heterocycles. The number of hydrogen-bond donors (Lipinski definition) is 2. The number of esters is 1. The van der Waals surface area contributed by atoms with Crippen LogP contribution in [0.3, 0.4) is 0 Å². The van der Waals surface area contributed by atoms with Crippen LogP contribution in [-0.2, 0) is 23.9 Å². The summed E-state index contributed by atoms with van der Waals surface area (Å²) in [6.45, 7) is 8.56. The number of hydroxylamine groups is 2. The van der Waals surface area contributed by atoms with Gasteiger partial charge in [0.15, 0.2) is 0 Å². The Morgan fingerprint density at radius 3 is 2.48 bits per heavy atom. The maximum absolute atomic E-state index is 12.8. The zero-order valence-corrected chi connectivity index (χ0v) is 16.9. The molecule has 1 fully saturated rings. The number of nitrogens with one attached hydrogen (secondary N) is 1. The van der Waals surface area contributed by atoms with Crippen LogP contribution in [-0.4, -0.2) is 60.5 Å². The zero-order chi connectivity index (χ0) is 20.4. The van der Waals surface area contributed by atoms with Gasteiger partial charge in [0.05, 0.1) is 25.7 Å². The molecule has 0 aromatic carbocycles. The van der Waals surface area contributed by atoms with Crippen molar-refractivity contribution in [3.8, 4) is 0 Å². The Kier molecular flexibility index (Phi) is 9.73. The highest BCUT2D eigenvalue weighted by Gasteiger charge is 2.37. The molecule has 1 aliphatic rings. The minimum absolute atomic E-state index is 0.110. The van der Waals surface area contributed by atoms with Crippen LogP contribution in [0.15, 0.2) is 0 Å². The number of carbonyl (C=O) groups excluding carboxylic acids is 3. The van der Waals surface area contributed by atoms with Gasteiger partial charge >= 0.3 is 5.97 Å². The molecule has 2 atom stereocenters. The molecule has 8 heteroatoms. The number of rotatable bonds is 10. The van der Waals surface area contributed by atoms with Gasteiger partial charge in [0.2, 0.25) is 12.3 Å². The van der Waals surface area contributed by atoms with Crippen molar-refractivity contribution in [2.24, 2.45) is 11.3 Å². The summed E-state index contributed by atoms with van der Waals surface area (Å²) in [4.78, 5) is 36.2. The van der Waals surface area contributed by atoms with Crippen molar-refractivity contribution >= 4 is 18.3 Å². The van der Waals surface area contributed by atoms with Gasteiger partial charge < -0.3 is 14.8 Å². The molecule has 0 aliphatic carbocycles. The third-order valence-electron chi connectivity index (χ3n) is 4.65. The first kappa shape index (κ1) is 23.4. The summed E-state index contributed by atoms with van der Waals surface area (Å²) in [5.74, 6) is -1.43. The molecular weight excluding hydrogens is 352 g/mol. The molecule has 2 amide bonds. The van der Waals surface area contributed by atoms with E-state index in [-0.39, 0.29) is 25.0 Å². The molecule has 1 saturated heterocycles. The van der Waals surface area contributed by atoms with E-state index >= 15 is 0 Å². The summed E-state index contributed by atoms with van der Waals surface area (Å²) in [5, 5.41) is 12.7. The zero-order valence-electron chi connectivity index (χ0n) is 16.9. The van der Waals surface area contributed by atoms with Gasteiger partial charge in [0, 0.05) is 12.8 Å². The quantitative estimate of drug-likeness (QED) is 0.257. The van der Waals surface area contributed by atoms with Gasteiger partial charge in [0.25, 0.3) is 0 Å². The Labute approximate surface area is 161 Å². The summed E-state index contributed by atoms with van der Waals surface area (Å²) in [7, 11) is 0. The van der Waals surface area contributed by atoms with Crippen LogP contribution < -0.4 is 5.32 Å². The summed E-state index contributed by atoms with van der Waals surface area (Å²) in [5.41, 5.74) is -0.545. The van der Waals surface area contributed by atoms with Crippen molar-refractivity contribution in [2.75, 3.05) is 19.8 Å². The maximum Gasteiger partial charge on any atom is 0.329 e. The molecule has 1 unspecified atom stereocenters. The van der Waals surface area contributed by atoms with E-state index in [0.29, 0.717) is 37.5 Å². The number of amides is 2. The Morgan fingerprint density at radius 2 is 1.96 bits per heavy atom. The topological polar surface area (TPSA) is 105 Å². The fraction of sp³-hybridized carbons (Fsp3) is 0.842. The van der Waals surface area contributed by atoms with Crippen LogP contribution in [0.5, 0.6) is 0 Å². The van der Waals surface area contributed by atoms with E-state index in [0.717, 1.165) is 12.8 Å². The monoisotopic (exact) mass is 386 g/mol. The van der Waals surface area contributed by atoms with Gasteiger partial charge in [-0.25, -0.2) is 9.86 Å². The van der Waals surface area contributed by atoms with E-state index in [9.17, 15) is 19.6 Å². The normalized spacial score (nSPS) is 17.7. The van der Waals surface area contributed by atoms with E-state index in [2.05, 4.69) is 5.32 Å². The number of carbonyl (C=O) groups is 3. The summed E-state index contributed by atoms with van der Waals surface area (Å²) >= 11 is 0. The van der Waals surface area contributed by atoms with E-state index in [4.69, 9.17) is 9.47 Å². The maximum atomic E-state index is 12.8. The highest BCUT2D eigenvalue weighted by molar-refractivity contribution is 5.86. The van der Waals surface area contributed by atoms with Crippen LogP contribution in [0.1, 0.15) is 59.8 Å². The molecule has 156 valence electrons. The van der Waals surface area contributed by atoms with Crippen molar-refractivity contribution < 1.29 is 29.1 Å². The Bertz CT molecular complexity index is 485. The Balaban J connectivity index is 2.80. The van der Waals surface area contributed by atoms with Gasteiger partial charge in [-0.1, -0.05) is 40.5 Å². The van der Waals surface area contributed by atoms with Crippen molar-refractivity contribution in [3.05, 3.63) is 0 Å². The molecule has 0 bridgehead atoms. The predicted molar refractivity (Wildman–Crippen MR) is 98.9 cm³/mol. The SMILES string of the molecule is CCCCC(CN(O)C=O)C(=O)N[C@H](C(=O)OC1CCOCC1)C(C)(C)C. The first-order valence-electron chi connectivity index (χ1n) is 9.68. The van der Waals surface area contributed by atoms with Crippen LogP contribution in [0, 0.1) is 11.3 Å². The van der Waals surface area contributed by atoms with Crippen LogP contribution in [0.25, 0.3) is 0 Å². The number of nitrogens with zero attached hydrogens (tertiary/aromatic N) is 1. The smallest absolute Gasteiger partial charge is 0.329 e. The number of hydrogen-bond acceptors (Lipinski definition) is 6. The fourth-order valence-corrected chi connectivity index (χ4v) is 2.94. The van der Waals surface area contributed by atoms with E-state index in [1.807, 2.05) is 27.7 Å². The molecule has 0 aromatic rings. The molecule has 8 nitrogen and oxygen atoms in total. The lowest BCUT2D eigenvalue weighted by Crippen LogP contribution is -2.53. The number of unbranched alkanes of at least 4 members (excludes halogenated alkanes) is 1. The van der Waals surface area contributed by atoms with Crippen LogP contribution in [0.4, 0.5) is 0 Å². The van der Waals surface area contributed by atoms with Gasteiger partial charge in [-0.3, -0.25) is 14.8 Å². The van der Waals surface area contributed by atoms with Gasteiger partial charge in [0.1, 0.15) is 12.1 Å². The highest BCUT2D eigenvalue weighted by Crippen LogP contribution is 2.23. The highest BCUT2D eigenvalue weighted by atomic mass is 16.6. The molecule has 0 aromatic heterocycles. The molecule has 0 spiro atoms. The average molecular weight is 386 g/mol. The minimum atomic E-state index is -0.819. The van der Waals surface area contributed by atoms with Crippen molar-refractivity contribution in [2.45, 2.75) is 71.9 Å². The van der Waals surface area contributed by atoms with Gasteiger partial charge in [-0.05, 0) is 11.8 Å². The molecule has 0 radical (unpaired) electrons. The van der Waals surface area contributed by atoms with E-state index in [1.165, 1.54) is 0 Å². The van der Waals surface area contributed by atoms with Crippen LogP contribution >= 0.6 is 0 Å². The Hall–Kier alpha value is -1.67. The molecule has 2 N–H and O–H groups in total. The largest absolute Gasteiger partial charge is 0.461 e. The molecule has 1 rings (SSSR count). The first-order valence-corrected chi connectivity index (χ1v) is 9.68. The molecular formula is C19H34N2O6. The summed E-state index contributed by atoms with van der Waals surface area (Å²) in [6, 6.07) is -0.819. The number of ether oxygens (including phenoxy) is 2. The van der Waals surface area contributed by atoms with E-state index < -0.39 is 23.3 Å². The molecule has 1 aliphatic heterocycles. The predicted octanol–water partition coefficient (Wildman–Crippen LogP) is 1.89. The Morgan fingerprint density at radius 1 is 1.33 bits per heavy atom. The van der Waals surface area contributed by atoms with Crippen LogP contribution in [0.2, 0.25) is 0 Å². The summed E-state index contributed by atoms with van der Waals surface area (Å²) in [6.07, 6.45) is 3.53. The summed E-state index contributed by atoms with van der Waals surface area (Å²) < 4.78 is 10.9. The average Bonchev–Trinajstić information content (AvgIpc) is 2.62. The van der Waals surface area contributed by atoms with Crippen molar-refractivity contribution in [3.63, 3.8) is 0 Å². The van der Waals surface area contributed by atoms with Crippen molar-refractivity contribution in [1.82, 2.24) is 10.4 Å². The van der Waals surface area contributed by atoms with Crippen molar-refractivity contribution in [1.29, 1.82) is 0 Å². The lowest BCUT2D eigenvalue weighted by Gasteiger charge is -2.33. The van der Waals surface area contributed by atoms with Gasteiger partial charge in [-0.2, -0.15) is 0 Å². The lowest BCUT2D eigenvalue weighted by molar-refractivity contribution is -0.162. The second-order valence-electron chi connectivity index (χ2n) is 8.12. The second-order valence-corrected chi connectivity index (χ2v) is 8.12. The second kappa shape index (κ2) is 11.2. The third kappa shape index (κ3) is 8.26. The molecule has 27 heavy (non-hydrogen) atoms. The third-order valence-corrected chi connectivity index (χ3v) is 4.65. The molecule has 0 saturated carbocycles. The lowest BCUT2D eigenvalue weighted by atomic mass is 9.86. The van der Waals surface area contributed by atoms with E-state index in [1.54, 1.807) is 0 Å². The minimum Gasteiger partial charge on any atom is -0.461 e. The fourth-order valence-electron chi connectivity index (χ4n) is 2.94. The van der Waals surface area contributed by atoms with Gasteiger partial charge in [-0.15, -0.1) is 0 Å².